The number of pyridine rings is 1. The lowest BCUT2D eigenvalue weighted by atomic mass is 10.1. The number of esters is 1. The lowest BCUT2D eigenvalue weighted by Gasteiger charge is -2.21. The van der Waals surface area contributed by atoms with E-state index in [2.05, 4.69) is 9.88 Å². The van der Waals surface area contributed by atoms with Gasteiger partial charge < -0.3 is 19.1 Å². The van der Waals surface area contributed by atoms with E-state index in [0.29, 0.717) is 28.8 Å². The second-order valence-corrected chi connectivity index (χ2v) is 6.75. The van der Waals surface area contributed by atoms with Crippen LogP contribution in [0, 0.1) is 0 Å². The Balaban J connectivity index is 1.53. The largest absolute Gasteiger partial charge is 0.467 e. The van der Waals surface area contributed by atoms with E-state index in [-0.39, 0.29) is 13.4 Å². The zero-order chi connectivity index (χ0) is 17.9. The number of halogens is 1. The Morgan fingerprint density at radius 2 is 2.15 bits per heavy atom. The van der Waals surface area contributed by atoms with Crippen LogP contribution in [0.2, 0.25) is 5.02 Å². The third-order valence-corrected chi connectivity index (χ3v) is 4.74. The van der Waals surface area contributed by atoms with Gasteiger partial charge >= 0.3 is 5.97 Å². The quantitative estimate of drug-likeness (QED) is 0.762. The molecule has 2 aliphatic rings. The third-order valence-electron chi connectivity index (χ3n) is 4.52. The minimum atomic E-state index is -0.402. The molecular formula is C19H19ClN2O4. The third kappa shape index (κ3) is 3.48. The van der Waals surface area contributed by atoms with Crippen LogP contribution in [0.25, 0.3) is 0 Å². The molecule has 136 valence electrons. The first-order valence-electron chi connectivity index (χ1n) is 8.61. The Kier molecular flexibility index (Phi) is 4.95. The highest BCUT2D eigenvalue weighted by Gasteiger charge is 2.23. The van der Waals surface area contributed by atoms with E-state index in [0.717, 1.165) is 37.1 Å². The lowest BCUT2D eigenvalue weighted by Crippen LogP contribution is -2.22. The second-order valence-electron chi connectivity index (χ2n) is 6.31. The number of carbonyl (C=O) groups is 1. The Bertz CT molecular complexity index is 821. The fourth-order valence-electron chi connectivity index (χ4n) is 3.32. The summed E-state index contributed by atoms with van der Waals surface area (Å²) >= 11 is 6.16. The topological polar surface area (TPSA) is 60.9 Å². The van der Waals surface area contributed by atoms with Crippen molar-refractivity contribution >= 4 is 23.4 Å². The number of carbonyl (C=O) groups excluding carboxylic acids is 1. The van der Waals surface area contributed by atoms with E-state index in [1.54, 1.807) is 30.5 Å². The van der Waals surface area contributed by atoms with Crippen molar-refractivity contribution in [2.24, 2.45) is 0 Å². The average molecular weight is 375 g/mol. The highest BCUT2D eigenvalue weighted by molar-refractivity contribution is 6.30. The maximum atomic E-state index is 12.7. The van der Waals surface area contributed by atoms with Crippen LogP contribution in [0.3, 0.4) is 0 Å². The van der Waals surface area contributed by atoms with Crippen molar-refractivity contribution in [1.82, 2.24) is 4.98 Å². The predicted molar refractivity (Wildman–Crippen MR) is 96.5 cm³/mol. The molecule has 1 saturated heterocycles. The van der Waals surface area contributed by atoms with Gasteiger partial charge in [0.15, 0.2) is 6.79 Å². The van der Waals surface area contributed by atoms with Gasteiger partial charge in [0.25, 0.3) is 0 Å². The van der Waals surface area contributed by atoms with Gasteiger partial charge in [-0.25, -0.2) is 9.78 Å². The lowest BCUT2D eigenvalue weighted by molar-refractivity contribution is -0.0180. The molecule has 1 aromatic heterocycles. The summed E-state index contributed by atoms with van der Waals surface area (Å²) in [7, 11) is 0. The summed E-state index contributed by atoms with van der Waals surface area (Å²) in [6.45, 7) is 2.51. The molecule has 0 bridgehead atoms. The van der Waals surface area contributed by atoms with Crippen molar-refractivity contribution in [3.63, 3.8) is 0 Å². The van der Waals surface area contributed by atoms with E-state index in [9.17, 15) is 4.79 Å². The SMILES string of the molecule is O=C(OCc1cc(Cl)cc2c1OCOC2)c1cccnc1N1CCCC1. The van der Waals surface area contributed by atoms with Crippen molar-refractivity contribution in [2.75, 3.05) is 24.8 Å². The van der Waals surface area contributed by atoms with Gasteiger partial charge in [0, 0.05) is 35.4 Å². The Hall–Kier alpha value is -2.31. The van der Waals surface area contributed by atoms with Crippen molar-refractivity contribution < 1.29 is 19.0 Å². The monoisotopic (exact) mass is 374 g/mol. The number of hydrogen-bond acceptors (Lipinski definition) is 6. The van der Waals surface area contributed by atoms with Crippen molar-refractivity contribution in [3.05, 3.63) is 52.2 Å². The Morgan fingerprint density at radius 3 is 3.00 bits per heavy atom. The number of rotatable bonds is 4. The number of fused-ring (bicyclic) bond motifs is 1. The zero-order valence-electron chi connectivity index (χ0n) is 14.2. The number of aromatic nitrogens is 1. The molecule has 1 aromatic carbocycles. The molecular weight excluding hydrogens is 356 g/mol. The van der Waals surface area contributed by atoms with Crippen LogP contribution in [-0.4, -0.2) is 30.8 Å². The summed E-state index contributed by atoms with van der Waals surface area (Å²) in [4.78, 5) is 19.2. The summed E-state index contributed by atoms with van der Waals surface area (Å²) in [6, 6.07) is 7.05. The molecule has 1 fully saturated rings. The van der Waals surface area contributed by atoms with E-state index in [1.165, 1.54) is 0 Å². The fourth-order valence-corrected chi connectivity index (χ4v) is 3.59. The average Bonchev–Trinajstić information content (AvgIpc) is 3.20. The van der Waals surface area contributed by atoms with Gasteiger partial charge in [-0.15, -0.1) is 0 Å². The van der Waals surface area contributed by atoms with Crippen molar-refractivity contribution in [1.29, 1.82) is 0 Å². The molecule has 3 heterocycles. The molecule has 0 unspecified atom stereocenters. The maximum absolute atomic E-state index is 12.7. The molecule has 0 radical (unpaired) electrons. The van der Waals surface area contributed by atoms with Crippen molar-refractivity contribution in [2.45, 2.75) is 26.1 Å². The summed E-state index contributed by atoms with van der Waals surface area (Å²) in [6.07, 6.45) is 3.92. The first kappa shape index (κ1) is 17.1. The van der Waals surface area contributed by atoms with Gasteiger partial charge in [-0.05, 0) is 37.1 Å². The number of anilines is 1. The van der Waals surface area contributed by atoms with Gasteiger partial charge in [-0.1, -0.05) is 11.6 Å². The summed E-state index contributed by atoms with van der Waals surface area (Å²) in [5.41, 5.74) is 2.07. The number of ether oxygens (including phenoxy) is 3. The Morgan fingerprint density at radius 1 is 1.31 bits per heavy atom. The van der Waals surface area contributed by atoms with Gasteiger partial charge in [0.05, 0.1) is 6.61 Å². The van der Waals surface area contributed by atoms with Crippen LogP contribution in [0.15, 0.2) is 30.5 Å². The molecule has 0 saturated carbocycles. The minimum Gasteiger partial charge on any atom is -0.467 e. The van der Waals surface area contributed by atoms with Crippen LogP contribution >= 0.6 is 11.6 Å². The van der Waals surface area contributed by atoms with Gasteiger partial charge in [0.2, 0.25) is 0 Å². The molecule has 7 heteroatoms. The Labute approximate surface area is 156 Å². The van der Waals surface area contributed by atoms with Crippen LogP contribution in [-0.2, 0) is 22.7 Å². The van der Waals surface area contributed by atoms with E-state index in [1.807, 2.05) is 0 Å². The molecule has 0 amide bonds. The molecule has 2 aromatic rings. The van der Waals surface area contributed by atoms with E-state index < -0.39 is 5.97 Å². The number of benzene rings is 1. The zero-order valence-corrected chi connectivity index (χ0v) is 15.0. The minimum absolute atomic E-state index is 0.0794. The molecule has 26 heavy (non-hydrogen) atoms. The number of hydrogen-bond donors (Lipinski definition) is 0. The highest BCUT2D eigenvalue weighted by Crippen LogP contribution is 2.32. The highest BCUT2D eigenvalue weighted by atomic mass is 35.5. The summed E-state index contributed by atoms with van der Waals surface area (Å²) in [5.74, 6) is 0.966. The second kappa shape index (κ2) is 7.51. The molecule has 4 rings (SSSR count). The van der Waals surface area contributed by atoms with Gasteiger partial charge in [-0.3, -0.25) is 0 Å². The van der Waals surface area contributed by atoms with Gasteiger partial charge in [0.1, 0.15) is 23.7 Å². The molecule has 2 aliphatic heterocycles. The summed E-state index contributed by atoms with van der Waals surface area (Å²) in [5, 5.41) is 0.558. The first-order valence-corrected chi connectivity index (χ1v) is 8.99. The fraction of sp³-hybridized carbons (Fsp3) is 0.368. The molecule has 0 spiro atoms. The molecule has 0 atom stereocenters. The predicted octanol–water partition coefficient (Wildman–Crippen LogP) is 3.56. The van der Waals surface area contributed by atoms with E-state index >= 15 is 0 Å². The summed E-state index contributed by atoms with van der Waals surface area (Å²) < 4.78 is 16.4. The van der Waals surface area contributed by atoms with Crippen LogP contribution in [0.1, 0.15) is 34.3 Å². The van der Waals surface area contributed by atoms with Crippen LogP contribution in [0.4, 0.5) is 5.82 Å². The molecule has 6 nitrogen and oxygen atoms in total. The van der Waals surface area contributed by atoms with Gasteiger partial charge in [-0.2, -0.15) is 0 Å². The smallest absolute Gasteiger partial charge is 0.342 e. The van der Waals surface area contributed by atoms with E-state index in [4.69, 9.17) is 25.8 Å². The first-order chi connectivity index (χ1) is 12.7. The standard InChI is InChI=1S/C19H19ClN2O4/c20-15-8-13-10-24-12-26-17(13)14(9-15)11-25-19(23)16-4-3-5-21-18(16)22-6-1-2-7-22/h3-5,8-9H,1-2,6-7,10-12H2. The van der Waals surface area contributed by atoms with Crippen LogP contribution < -0.4 is 9.64 Å². The normalized spacial score (nSPS) is 16.1. The van der Waals surface area contributed by atoms with Crippen molar-refractivity contribution in [3.8, 4) is 5.75 Å². The van der Waals surface area contributed by atoms with Crippen LogP contribution in [0.5, 0.6) is 5.75 Å². The molecule has 0 N–H and O–H groups in total. The molecule has 0 aliphatic carbocycles. The maximum Gasteiger partial charge on any atom is 0.342 e. The number of nitrogens with zero attached hydrogens (tertiary/aromatic N) is 2.